The summed E-state index contributed by atoms with van der Waals surface area (Å²) < 4.78 is 18.4. The van der Waals surface area contributed by atoms with Gasteiger partial charge in [-0.25, -0.2) is 4.79 Å². The van der Waals surface area contributed by atoms with Crippen LogP contribution in [0.1, 0.15) is 84.0 Å². The van der Waals surface area contributed by atoms with Gasteiger partial charge in [0, 0.05) is 49.6 Å². The van der Waals surface area contributed by atoms with Gasteiger partial charge >= 0.3 is 5.97 Å². The Hall–Kier alpha value is -4.93. The molecule has 0 bridgehead atoms. The molecule has 11 heteroatoms. The van der Waals surface area contributed by atoms with Crippen LogP contribution < -0.4 is 14.8 Å². The van der Waals surface area contributed by atoms with E-state index in [4.69, 9.17) is 37.4 Å². The Balaban J connectivity index is 1.05. The van der Waals surface area contributed by atoms with E-state index in [1.54, 1.807) is 6.07 Å². The van der Waals surface area contributed by atoms with Crippen LogP contribution in [0, 0.1) is 13.8 Å². The number of rotatable bonds is 12. The van der Waals surface area contributed by atoms with Gasteiger partial charge in [-0.2, -0.15) is 0 Å². The van der Waals surface area contributed by atoms with Crippen LogP contribution in [0.25, 0.3) is 11.1 Å². The molecule has 1 N–H and O–H groups in total. The van der Waals surface area contributed by atoms with Crippen molar-refractivity contribution in [3.05, 3.63) is 146 Å². The molecule has 0 radical (unpaired) electrons. The molecule has 1 amide bonds. The molecule has 0 spiro atoms. The number of amides is 1. The molecule has 314 valence electrons. The van der Waals surface area contributed by atoms with E-state index in [-0.39, 0.29) is 24.2 Å². The summed E-state index contributed by atoms with van der Waals surface area (Å²) in [5, 5.41) is 4.11. The zero-order valence-corrected chi connectivity index (χ0v) is 36.9. The maximum absolute atomic E-state index is 14.2. The van der Waals surface area contributed by atoms with E-state index in [9.17, 15) is 9.59 Å². The standard InChI is InChI=1S/C49H54Cl2N4O5/c1-8-45(35-15-18-41(50)42(51)23-35)59-39-16-13-34(14-17-39)47-28-54(6)26-38-22-36-24-44(55(29(2)3)27-37(36)25-46(38)60-47)48(56)53-43(49(57)58-7)21-32-9-11-33(12-10-32)40-19-20-52-31(5)30(40)4/h9-20,22-23,25,29,43-45,47H,8,21,24,26-28H2,1-7H3,(H,53,56)/t43-,44-,45+,47+/m0/s1. The number of aromatic nitrogens is 1. The van der Waals surface area contributed by atoms with Gasteiger partial charge in [-0.3, -0.25) is 19.6 Å². The quantitative estimate of drug-likeness (QED) is 0.124. The highest BCUT2D eigenvalue weighted by Crippen LogP contribution is 2.38. The van der Waals surface area contributed by atoms with E-state index >= 15 is 0 Å². The zero-order chi connectivity index (χ0) is 42.7. The van der Waals surface area contributed by atoms with Gasteiger partial charge in [-0.05, 0) is 128 Å². The summed E-state index contributed by atoms with van der Waals surface area (Å²) in [6.07, 6.45) is 3.05. The zero-order valence-electron chi connectivity index (χ0n) is 35.4. The number of hydrogen-bond donors (Lipinski definition) is 1. The van der Waals surface area contributed by atoms with E-state index in [1.165, 1.54) is 7.11 Å². The molecule has 3 heterocycles. The van der Waals surface area contributed by atoms with Crippen LogP contribution in [0.15, 0.2) is 91.1 Å². The van der Waals surface area contributed by atoms with Gasteiger partial charge < -0.3 is 19.5 Å². The third kappa shape index (κ3) is 9.66. The van der Waals surface area contributed by atoms with Gasteiger partial charge in [0.15, 0.2) is 0 Å². The van der Waals surface area contributed by atoms with Crippen LogP contribution in [-0.4, -0.2) is 65.5 Å². The lowest BCUT2D eigenvalue weighted by Crippen LogP contribution is -2.56. The van der Waals surface area contributed by atoms with Crippen molar-refractivity contribution < 1.29 is 23.8 Å². The number of likely N-dealkylation sites (N-methyl/N-ethyl adjacent to an activating group) is 1. The second-order valence-corrected chi connectivity index (χ2v) is 17.1. The Morgan fingerprint density at radius 3 is 2.35 bits per heavy atom. The van der Waals surface area contributed by atoms with Crippen LogP contribution in [0.4, 0.5) is 0 Å². The fourth-order valence-corrected chi connectivity index (χ4v) is 8.65. The molecule has 9 nitrogen and oxygen atoms in total. The van der Waals surface area contributed by atoms with Gasteiger partial charge in [-0.1, -0.05) is 78.7 Å². The van der Waals surface area contributed by atoms with Gasteiger partial charge in [0.2, 0.25) is 5.91 Å². The Kier molecular flexibility index (Phi) is 13.5. The Morgan fingerprint density at radius 2 is 1.67 bits per heavy atom. The van der Waals surface area contributed by atoms with Crippen LogP contribution in [0.2, 0.25) is 10.0 Å². The van der Waals surface area contributed by atoms with E-state index in [0.29, 0.717) is 42.5 Å². The van der Waals surface area contributed by atoms with Gasteiger partial charge in [0.05, 0.1) is 23.2 Å². The van der Waals surface area contributed by atoms with E-state index in [0.717, 1.165) is 73.7 Å². The Morgan fingerprint density at radius 1 is 0.917 bits per heavy atom. The summed E-state index contributed by atoms with van der Waals surface area (Å²) in [5.41, 5.74) is 10.6. The summed E-state index contributed by atoms with van der Waals surface area (Å²) >= 11 is 12.5. The van der Waals surface area contributed by atoms with Crippen LogP contribution >= 0.6 is 23.2 Å². The van der Waals surface area contributed by atoms with E-state index in [1.807, 2.05) is 67.7 Å². The number of carbonyl (C=O) groups is 2. The number of methoxy groups -OCH3 is 1. The van der Waals surface area contributed by atoms with Crippen molar-refractivity contribution in [1.82, 2.24) is 20.1 Å². The Labute approximate surface area is 364 Å². The highest BCUT2D eigenvalue weighted by Gasteiger charge is 2.36. The molecule has 0 saturated carbocycles. The highest BCUT2D eigenvalue weighted by molar-refractivity contribution is 6.42. The van der Waals surface area contributed by atoms with Crippen molar-refractivity contribution in [1.29, 1.82) is 0 Å². The van der Waals surface area contributed by atoms with Crippen molar-refractivity contribution in [3.63, 3.8) is 0 Å². The fraction of sp³-hybridized carbons (Fsp3) is 0.367. The third-order valence-corrected chi connectivity index (χ3v) is 12.6. The number of nitrogens with zero attached hydrogens (tertiary/aromatic N) is 3. The molecule has 2 aliphatic heterocycles. The number of fused-ring (bicyclic) bond motifs is 2. The second-order valence-electron chi connectivity index (χ2n) is 16.3. The summed E-state index contributed by atoms with van der Waals surface area (Å²) in [5.74, 6) is 0.948. The Bertz CT molecular complexity index is 2330. The molecule has 0 aliphatic carbocycles. The number of halogens is 2. The number of esters is 1. The molecule has 60 heavy (non-hydrogen) atoms. The first kappa shape index (κ1) is 43.2. The molecule has 4 aromatic carbocycles. The highest BCUT2D eigenvalue weighted by atomic mass is 35.5. The average Bonchev–Trinajstić information content (AvgIpc) is 3.40. The summed E-state index contributed by atoms with van der Waals surface area (Å²) in [7, 11) is 3.46. The van der Waals surface area contributed by atoms with Gasteiger partial charge in [-0.15, -0.1) is 0 Å². The topological polar surface area (TPSA) is 93.2 Å². The van der Waals surface area contributed by atoms with Crippen LogP contribution in [0.3, 0.4) is 0 Å². The SMILES string of the molecule is CC[C@@H](Oc1ccc([C@H]2CN(C)Cc3cc4c(cc3O2)CN(C(C)C)[C@H](C(=O)N[C@@H](Cc2ccc(-c3ccnc(C)c3C)cc2)C(=O)OC)C4)cc1)c1ccc(Cl)c(Cl)c1. The molecular formula is C49H54Cl2N4O5. The number of hydrogen-bond acceptors (Lipinski definition) is 8. The largest absolute Gasteiger partial charge is 0.486 e. The molecular weight excluding hydrogens is 795 g/mol. The predicted octanol–water partition coefficient (Wildman–Crippen LogP) is 9.80. The third-order valence-electron chi connectivity index (χ3n) is 11.9. The minimum absolute atomic E-state index is 0.0710. The summed E-state index contributed by atoms with van der Waals surface area (Å²) in [6, 6.07) is 27.0. The van der Waals surface area contributed by atoms with E-state index in [2.05, 4.69) is 79.1 Å². The number of aryl methyl sites for hydroxylation is 1. The molecule has 4 atom stereocenters. The average molecular weight is 850 g/mol. The lowest BCUT2D eigenvalue weighted by Gasteiger charge is -2.39. The minimum atomic E-state index is -0.837. The van der Waals surface area contributed by atoms with Crippen LogP contribution in [0.5, 0.6) is 11.5 Å². The van der Waals surface area contributed by atoms with Crippen molar-refractivity contribution in [2.75, 3.05) is 20.7 Å². The normalized spacial score (nSPS) is 17.8. The molecule has 0 fully saturated rings. The molecule has 2 aliphatic rings. The predicted molar refractivity (Wildman–Crippen MR) is 238 cm³/mol. The number of pyridine rings is 1. The number of benzene rings is 4. The second kappa shape index (κ2) is 18.8. The van der Waals surface area contributed by atoms with Crippen molar-refractivity contribution >= 4 is 35.1 Å². The fourth-order valence-electron chi connectivity index (χ4n) is 8.35. The number of carbonyl (C=O) groups excluding carboxylic acids is 2. The molecule has 5 aromatic rings. The van der Waals surface area contributed by atoms with Crippen LogP contribution in [-0.2, 0) is 40.3 Å². The first-order valence-corrected chi connectivity index (χ1v) is 21.4. The molecule has 0 saturated heterocycles. The van der Waals surface area contributed by atoms with Crippen molar-refractivity contribution in [3.8, 4) is 22.6 Å². The number of nitrogens with one attached hydrogen (secondary N) is 1. The van der Waals surface area contributed by atoms with Gasteiger partial charge in [0.25, 0.3) is 0 Å². The molecule has 7 rings (SSSR count). The maximum atomic E-state index is 14.2. The lowest BCUT2D eigenvalue weighted by molar-refractivity contribution is -0.146. The summed E-state index contributed by atoms with van der Waals surface area (Å²) in [6.45, 7) is 12.3. The van der Waals surface area contributed by atoms with E-state index < -0.39 is 18.1 Å². The molecule has 1 aromatic heterocycles. The molecule has 0 unspecified atom stereocenters. The smallest absolute Gasteiger partial charge is 0.328 e. The monoisotopic (exact) mass is 848 g/mol. The minimum Gasteiger partial charge on any atom is -0.486 e. The van der Waals surface area contributed by atoms with Crippen molar-refractivity contribution in [2.24, 2.45) is 0 Å². The maximum Gasteiger partial charge on any atom is 0.328 e. The summed E-state index contributed by atoms with van der Waals surface area (Å²) in [4.78, 5) is 36.2. The number of ether oxygens (including phenoxy) is 3. The van der Waals surface area contributed by atoms with Crippen molar-refractivity contribution in [2.45, 2.75) is 97.3 Å². The first-order chi connectivity index (χ1) is 28.8. The first-order valence-electron chi connectivity index (χ1n) is 20.7. The lowest BCUT2D eigenvalue weighted by atomic mass is 9.90. The van der Waals surface area contributed by atoms with Gasteiger partial charge in [0.1, 0.15) is 29.7 Å².